The van der Waals surface area contributed by atoms with Gasteiger partial charge in [0.05, 0.1) is 12.8 Å². The molecule has 0 bridgehead atoms. The van der Waals surface area contributed by atoms with Crippen LogP contribution in [0.1, 0.15) is 53.4 Å². The highest BCUT2D eigenvalue weighted by Gasteiger charge is 2.37. The second-order valence-electron chi connectivity index (χ2n) is 4.71. The molecule has 0 aliphatic heterocycles. The summed E-state index contributed by atoms with van der Waals surface area (Å²) in [7, 11) is 0. The van der Waals surface area contributed by atoms with Crippen LogP contribution in [0, 0.1) is 0 Å². The van der Waals surface area contributed by atoms with E-state index in [1.807, 2.05) is 0 Å². The topological polar surface area (TPSA) is 122 Å². The van der Waals surface area contributed by atoms with E-state index in [1.165, 1.54) is 13.8 Å². The van der Waals surface area contributed by atoms with E-state index in [0.29, 0.717) is 0 Å². The first-order valence-corrected chi connectivity index (χ1v) is 7.05. The fourth-order valence-electron chi connectivity index (χ4n) is 1.77. The summed E-state index contributed by atoms with van der Waals surface area (Å²) in [6, 6.07) is 0. The number of nitrogens with two attached hydrogens (primary N) is 1. The maximum Gasteiger partial charge on any atom is 0.309 e. The van der Waals surface area contributed by atoms with Crippen LogP contribution in [-0.4, -0.2) is 35.7 Å². The van der Waals surface area contributed by atoms with Crippen molar-refractivity contribution in [1.82, 2.24) is 0 Å². The SMILES string of the molecule is CCC(CC)(OC(=O)CCC(=O)OC(C)OC(C)=O)C(N)=O. The van der Waals surface area contributed by atoms with Gasteiger partial charge in [-0.25, -0.2) is 0 Å². The average molecular weight is 317 g/mol. The maximum absolute atomic E-state index is 11.7. The summed E-state index contributed by atoms with van der Waals surface area (Å²) in [5.74, 6) is -2.75. The van der Waals surface area contributed by atoms with Crippen molar-refractivity contribution in [3.05, 3.63) is 0 Å². The molecule has 0 saturated carbocycles. The van der Waals surface area contributed by atoms with Gasteiger partial charge in [0.2, 0.25) is 6.29 Å². The monoisotopic (exact) mass is 317 g/mol. The highest BCUT2D eigenvalue weighted by molar-refractivity contribution is 5.87. The molecule has 2 N–H and O–H groups in total. The van der Waals surface area contributed by atoms with Crippen LogP contribution >= 0.6 is 0 Å². The number of ether oxygens (including phenoxy) is 3. The van der Waals surface area contributed by atoms with Crippen molar-refractivity contribution in [2.45, 2.75) is 65.3 Å². The number of carbonyl (C=O) groups is 4. The summed E-state index contributed by atoms with van der Waals surface area (Å²) in [5, 5.41) is 0. The van der Waals surface area contributed by atoms with Gasteiger partial charge in [0.25, 0.3) is 5.91 Å². The van der Waals surface area contributed by atoms with Crippen LogP contribution < -0.4 is 5.73 Å². The molecule has 8 heteroatoms. The lowest BCUT2D eigenvalue weighted by Gasteiger charge is -2.27. The van der Waals surface area contributed by atoms with Crippen LogP contribution in [0.4, 0.5) is 0 Å². The van der Waals surface area contributed by atoms with Crippen LogP contribution in [0.25, 0.3) is 0 Å². The molecule has 0 aliphatic rings. The summed E-state index contributed by atoms with van der Waals surface area (Å²) in [5.41, 5.74) is 3.90. The fraction of sp³-hybridized carbons (Fsp3) is 0.714. The van der Waals surface area contributed by atoms with E-state index >= 15 is 0 Å². The van der Waals surface area contributed by atoms with Crippen LogP contribution in [-0.2, 0) is 33.4 Å². The Labute approximate surface area is 129 Å². The van der Waals surface area contributed by atoms with E-state index in [2.05, 4.69) is 4.74 Å². The zero-order valence-electron chi connectivity index (χ0n) is 13.3. The minimum absolute atomic E-state index is 0.249. The molecule has 0 fully saturated rings. The summed E-state index contributed by atoms with van der Waals surface area (Å²) in [6.45, 7) is 5.91. The molecule has 0 aromatic rings. The lowest BCUT2D eigenvalue weighted by atomic mass is 9.96. The normalized spacial score (nSPS) is 12.2. The van der Waals surface area contributed by atoms with Crippen molar-refractivity contribution >= 4 is 23.8 Å². The Hall–Kier alpha value is -2.12. The van der Waals surface area contributed by atoms with Crippen LogP contribution in [0.15, 0.2) is 0 Å². The van der Waals surface area contributed by atoms with Gasteiger partial charge in [-0.15, -0.1) is 0 Å². The third kappa shape index (κ3) is 6.55. The molecular formula is C14H23NO7. The van der Waals surface area contributed by atoms with E-state index in [9.17, 15) is 19.2 Å². The predicted octanol–water partition coefficient (Wildman–Crippen LogP) is 0.806. The first-order valence-electron chi connectivity index (χ1n) is 7.05. The Morgan fingerprint density at radius 1 is 1.00 bits per heavy atom. The fourth-order valence-corrected chi connectivity index (χ4v) is 1.77. The molecule has 8 nitrogen and oxygen atoms in total. The first-order chi connectivity index (χ1) is 10.2. The van der Waals surface area contributed by atoms with Gasteiger partial charge in [-0.1, -0.05) is 13.8 Å². The molecule has 0 rings (SSSR count). The quantitative estimate of drug-likeness (QED) is 0.493. The maximum atomic E-state index is 11.7. The van der Waals surface area contributed by atoms with Crippen molar-refractivity contribution in [2.75, 3.05) is 0 Å². The van der Waals surface area contributed by atoms with Crippen molar-refractivity contribution in [3.63, 3.8) is 0 Å². The van der Waals surface area contributed by atoms with Crippen molar-refractivity contribution in [3.8, 4) is 0 Å². The molecule has 126 valence electrons. The Morgan fingerprint density at radius 2 is 1.50 bits per heavy atom. The van der Waals surface area contributed by atoms with Gasteiger partial charge in [-0.3, -0.25) is 19.2 Å². The van der Waals surface area contributed by atoms with Gasteiger partial charge in [0, 0.05) is 13.8 Å². The zero-order valence-corrected chi connectivity index (χ0v) is 13.3. The molecule has 0 spiro atoms. The van der Waals surface area contributed by atoms with Gasteiger partial charge in [0.1, 0.15) is 0 Å². The van der Waals surface area contributed by atoms with Gasteiger partial charge in [-0.05, 0) is 12.8 Å². The number of primary amides is 1. The molecule has 0 heterocycles. The third-order valence-corrected chi connectivity index (χ3v) is 3.06. The smallest absolute Gasteiger partial charge is 0.309 e. The number of hydrogen-bond acceptors (Lipinski definition) is 7. The highest BCUT2D eigenvalue weighted by atomic mass is 16.7. The average Bonchev–Trinajstić information content (AvgIpc) is 2.41. The molecule has 1 amide bonds. The van der Waals surface area contributed by atoms with Crippen LogP contribution in [0.3, 0.4) is 0 Å². The van der Waals surface area contributed by atoms with Crippen molar-refractivity contribution in [1.29, 1.82) is 0 Å². The van der Waals surface area contributed by atoms with E-state index in [-0.39, 0.29) is 25.7 Å². The minimum atomic E-state index is -1.36. The summed E-state index contributed by atoms with van der Waals surface area (Å²) in [6.07, 6.45) is -1.05. The van der Waals surface area contributed by atoms with Crippen LogP contribution in [0.5, 0.6) is 0 Å². The summed E-state index contributed by atoms with van der Waals surface area (Å²) in [4.78, 5) is 45.3. The summed E-state index contributed by atoms with van der Waals surface area (Å²) < 4.78 is 14.5. The number of esters is 3. The molecule has 1 unspecified atom stereocenters. The number of carbonyl (C=O) groups excluding carboxylic acids is 4. The van der Waals surface area contributed by atoms with E-state index in [0.717, 1.165) is 0 Å². The molecule has 0 aromatic carbocycles. The number of hydrogen-bond donors (Lipinski definition) is 1. The largest absolute Gasteiger partial charge is 0.449 e. The summed E-state index contributed by atoms with van der Waals surface area (Å²) >= 11 is 0. The van der Waals surface area contributed by atoms with Gasteiger partial charge >= 0.3 is 17.9 Å². The van der Waals surface area contributed by atoms with E-state index in [4.69, 9.17) is 15.2 Å². The molecule has 0 aliphatic carbocycles. The second kappa shape index (κ2) is 9.01. The Bertz CT molecular complexity index is 429. The molecule has 1 atom stereocenters. The predicted molar refractivity (Wildman–Crippen MR) is 75.2 cm³/mol. The minimum Gasteiger partial charge on any atom is -0.449 e. The Balaban J connectivity index is 4.36. The number of amides is 1. The van der Waals surface area contributed by atoms with Gasteiger partial charge in [-0.2, -0.15) is 0 Å². The zero-order chi connectivity index (χ0) is 17.3. The Morgan fingerprint density at radius 3 is 1.91 bits per heavy atom. The first kappa shape index (κ1) is 19.9. The van der Waals surface area contributed by atoms with E-state index < -0.39 is 35.7 Å². The van der Waals surface area contributed by atoms with Crippen LogP contribution in [0.2, 0.25) is 0 Å². The van der Waals surface area contributed by atoms with Crippen molar-refractivity contribution in [2.24, 2.45) is 5.73 Å². The molecular weight excluding hydrogens is 294 g/mol. The lowest BCUT2D eigenvalue weighted by Crippen LogP contribution is -2.46. The van der Waals surface area contributed by atoms with Gasteiger partial charge in [0.15, 0.2) is 5.60 Å². The van der Waals surface area contributed by atoms with Gasteiger partial charge < -0.3 is 19.9 Å². The molecule has 22 heavy (non-hydrogen) atoms. The number of rotatable bonds is 9. The second-order valence-corrected chi connectivity index (χ2v) is 4.71. The lowest BCUT2D eigenvalue weighted by molar-refractivity contribution is -0.184. The molecule has 0 saturated heterocycles. The Kier molecular flexibility index (Phi) is 8.14. The molecule has 0 radical (unpaired) electrons. The van der Waals surface area contributed by atoms with E-state index in [1.54, 1.807) is 13.8 Å². The standard InChI is InChI=1S/C14H23NO7/c1-5-14(6-2,13(15)19)22-12(18)8-7-11(17)21-10(4)20-9(3)16/h10H,5-8H2,1-4H3,(H2,15,19). The third-order valence-electron chi connectivity index (χ3n) is 3.06. The molecule has 0 aromatic heterocycles. The highest BCUT2D eigenvalue weighted by Crippen LogP contribution is 2.21. The van der Waals surface area contributed by atoms with Crippen molar-refractivity contribution < 1.29 is 33.4 Å².